The maximum Gasteiger partial charge on any atom is 0.303 e. The number of guanidine groups is 1. The van der Waals surface area contributed by atoms with Crippen LogP contribution >= 0.6 is 21.6 Å². The second-order valence-corrected chi connectivity index (χ2v) is 31.8. The number of fused-ring (bicyclic) bond motifs is 2. The van der Waals surface area contributed by atoms with Crippen molar-refractivity contribution in [3.8, 4) is 11.5 Å². The fraction of sp³-hybridized carbons (Fsp3) is 0.721. The van der Waals surface area contributed by atoms with Crippen molar-refractivity contribution in [2.75, 3.05) is 13.1 Å². The molecule has 17 aliphatic rings. The Kier molecular flexibility index (Phi) is 13.3. The highest BCUT2D eigenvalue weighted by Gasteiger charge is 2.70. The lowest BCUT2D eigenvalue weighted by atomic mass is 9.42. The zero-order chi connectivity index (χ0) is 55.2. The molecule has 6 spiro atoms. The van der Waals surface area contributed by atoms with Crippen LogP contribution in [0.3, 0.4) is 0 Å². The molecular formula is C68H90N4O7S2. The number of hydrogen-bond donors (Lipinski definition) is 5. The number of benzene rings is 2. The van der Waals surface area contributed by atoms with E-state index in [-0.39, 0.29) is 92.3 Å². The average Bonchev–Trinajstić information content (AvgIpc) is 3.44. The van der Waals surface area contributed by atoms with Gasteiger partial charge in [-0.2, -0.15) is 0 Å². The molecule has 2 aromatic rings. The SMILES string of the molecule is CC(=O)OC12CCc3cc(c(O)c4c3C3C=CC5(CCCC5C3)O4)CN3CC4(CC3=O)C(CCC4c3ccccc3)CN=C(N)NC3(CCCC34CCCC4)SSC3C=CC4C(CCC3C43CCCC34CCCC4O)C(CC1)C(O)C2. The van der Waals surface area contributed by atoms with Crippen LogP contribution in [0.2, 0.25) is 0 Å². The number of carbonyl (C=O) groups excluding carboxylic acids is 2. The van der Waals surface area contributed by atoms with Crippen LogP contribution < -0.4 is 15.8 Å². The zero-order valence-electron chi connectivity index (χ0n) is 48.1. The number of aliphatic hydroxyl groups is 2. The van der Waals surface area contributed by atoms with E-state index >= 15 is 4.79 Å². The Morgan fingerprint density at radius 3 is 2.47 bits per heavy atom. The molecule has 7 heterocycles. The fourth-order valence-corrected chi connectivity index (χ4v) is 26.9. The Hall–Kier alpha value is -3.65. The first kappa shape index (κ1) is 54.0. The van der Waals surface area contributed by atoms with Gasteiger partial charge in [-0.25, -0.2) is 0 Å². The standard InChI is InChI=1S/C68H90N4O7S2/c1-42(73)78-63-32-21-44-35-46(59(77)60-58(44)45-22-34-66(79-60)29-7-13-47(66)36-45)40-72-41-64(38-57(72)76)48(15-17-51(64)43-11-3-2-4-12-43)39-70-61(69)71-68(31-9-26-62(68)24-5-6-25-62)81-80-55-20-19-52-49(50(23-33-63)54(74)37-63)16-18-53(55)67(52)30-10-28-65(67)27-8-14-56(65)75/h2-4,11-12,19-20,22,34-35,45,47-56,74-75,77H,5-10,13-18,21,23-33,36-41H2,1H3,(H3,69,70,71). The van der Waals surface area contributed by atoms with Gasteiger partial charge in [0.15, 0.2) is 17.5 Å². The van der Waals surface area contributed by atoms with Crippen LogP contribution in [0, 0.1) is 57.2 Å². The Bertz CT molecular complexity index is 2900. The molecule has 7 aliphatic heterocycles. The average molecular weight is 1140 g/mol. The molecule has 19 rings (SSSR count). The van der Waals surface area contributed by atoms with Crippen molar-refractivity contribution in [1.29, 1.82) is 0 Å². The van der Waals surface area contributed by atoms with Crippen molar-refractivity contribution < 1.29 is 34.4 Å². The van der Waals surface area contributed by atoms with Gasteiger partial charge < -0.3 is 40.7 Å². The Balaban J connectivity index is 0.848. The molecule has 17 unspecified atom stereocenters. The summed E-state index contributed by atoms with van der Waals surface area (Å²) in [6.45, 7) is 2.90. The molecule has 12 bridgehead atoms. The lowest BCUT2D eigenvalue weighted by molar-refractivity contribution is -0.178. The first-order valence-corrected chi connectivity index (χ1v) is 34.7. The third-order valence-corrected chi connectivity index (χ3v) is 29.7. The number of aryl methyl sites for hydroxylation is 1. The predicted molar refractivity (Wildman–Crippen MR) is 319 cm³/mol. The molecule has 1 amide bonds. The summed E-state index contributed by atoms with van der Waals surface area (Å²) in [7, 11) is 4.18. The van der Waals surface area contributed by atoms with Gasteiger partial charge in [0, 0.05) is 83.9 Å². The second kappa shape index (κ2) is 20.0. The third-order valence-electron chi connectivity index (χ3n) is 26.1. The summed E-state index contributed by atoms with van der Waals surface area (Å²) < 4.78 is 13.9. The van der Waals surface area contributed by atoms with Crippen LogP contribution in [0.15, 0.2) is 65.7 Å². The van der Waals surface area contributed by atoms with E-state index in [0.717, 1.165) is 120 Å². The summed E-state index contributed by atoms with van der Waals surface area (Å²) in [5.74, 6) is 2.76. The van der Waals surface area contributed by atoms with Crippen molar-refractivity contribution in [2.24, 2.45) is 67.9 Å². The highest BCUT2D eigenvalue weighted by atomic mass is 33.1. The summed E-state index contributed by atoms with van der Waals surface area (Å²) in [4.78, 5) is 35.6. The summed E-state index contributed by atoms with van der Waals surface area (Å²) in [5.41, 5.74) is 9.67. The van der Waals surface area contributed by atoms with Gasteiger partial charge >= 0.3 is 5.97 Å². The van der Waals surface area contributed by atoms with Gasteiger partial charge in [0.2, 0.25) is 5.91 Å². The van der Waals surface area contributed by atoms with E-state index in [1.165, 1.54) is 44.6 Å². The number of phenols is 1. The van der Waals surface area contributed by atoms with Crippen molar-refractivity contribution >= 4 is 39.4 Å². The minimum atomic E-state index is -0.868. The first-order valence-electron chi connectivity index (χ1n) is 32.5. The van der Waals surface area contributed by atoms with Crippen molar-refractivity contribution in [1.82, 2.24) is 10.2 Å². The second-order valence-electron chi connectivity index (χ2n) is 29.2. The van der Waals surface area contributed by atoms with Gasteiger partial charge in [-0.05, 0) is 199 Å². The molecule has 17 atom stereocenters. The van der Waals surface area contributed by atoms with Crippen molar-refractivity contribution in [3.05, 3.63) is 83.0 Å². The quantitative estimate of drug-likeness (QED) is 0.110. The number of nitrogens with two attached hydrogens (primary N) is 1. The van der Waals surface area contributed by atoms with Crippen LogP contribution in [-0.4, -0.2) is 84.7 Å². The van der Waals surface area contributed by atoms with E-state index < -0.39 is 17.3 Å². The van der Waals surface area contributed by atoms with E-state index in [0.29, 0.717) is 79.6 Å². The topological polar surface area (TPSA) is 167 Å². The molecule has 81 heavy (non-hydrogen) atoms. The third kappa shape index (κ3) is 8.17. The molecular weight excluding hydrogens is 1050 g/mol. The molecule has 6 N–H and O–H groups in total. The molecule has 1 saturated heterocycles. The summed E-state index contributed by atoms with van der Waals surface area (Å²) >= 11 is 0. The zero-order valence-corrected chi connectivity index (χ0v) is 49.7. The summed E-state index contributed by atoms with van der Waals surface area (Å²) in [6.07, 6.45) is 35.1. The molecule has 10 aliphatic carbocycles. The molecule has 11 nitrogen and oxygen atoms in total. The van der Waals surface area contributed by atoms with E-state index in [4.69, 9.17) is 20.2 Å². The van der Waals surface area contributed by atoms with Crippen LogP contribution in [0.25, 0.3) is 0 Å². The minimum absolute atomic E-state index is 0.0516. The number of nitrogens with one attached hydrogen (secondary N) is 1. The van der Waals surface area contributed by atoms with Gasteiger partial charge in [0.1, 0.15) is 16.1 Å². The predicted octanol–water partition coefficient (Wildman–Crippen LogP) is 12.7. The number of aliphatic hydroxyl groups excluding tert-OH is 2. The number of aliphatic imine (C=N–C) groups is 1. The first-order chi connectivity index (χ1) is 39.2. The number of amides is 1. The fourth-order valence-electron chi connectivity index (χ4n) is 22.7. The smallest absolute Gasteiger partial charge is 0.303 e. The number of allylic oxidation sites excluding steroid dienone is 2. The van der Waals surface area contributed by atoms with Crippen LogP contribution in [0.5, 0.6) is 11.5 Å². The maximum absolute atomic E-state index is 15.0. The van der Waals surface area contributed by atoms with E-state index in [2.05, 4.69) is 87.6 Å². The Morgan fingerprint density at radius 2 is 1.65 bits per heavy atom. The van der Waals surface area contributed by atoms with Crippen LogP contribution in [0.1, 0.15) is 208 Å². The number of esters is 1. The van der Waals surface area contributed by atoms with E-state index in [9.17, 15) is 20.1 Å². The molecule has 0 aromatic heterocycles. The Labute approximate surface area is 489 Å². The highest BCUT2D eigenvalue weighted by molar-refractivity contribution is 8.77. The number of nitrogens with zero attached hydrogens (tertiary/aromatic N) is 2. The number of ether oxygens (including phenoxy) is 2. The normalized spacial score (nSPS) is 44.7. The minimum Gasteiger partial charge on any atom is -0.504 e. The molecule has 2 aromatic carbocycles. The van der Waals surface area contributed by atoms with Crippen molar-refractivity contribution in [3.63, 3.8) is 0 Å². The summed E-state index contributed by atoms with van der Waals surface area (Å²) in [5, 5.41) is 42.5. The molecule has 9 fully saturated rings. The van der Waals surface area contributed by atoms with Gasteiger partial charge in [-0.1, -0.05) is 95.8 Å². The number of hydrogen-bond acceptors (Lipinski definition) is 12. The van der Waals surface area contributed by atoms with Gasteiger partial charge in [-0.15, -0.1) is 0 Å². The molecule has 0 radical (unpaired) electrons. The molecule has 13 heteroatoms. The highest BCUT2D eigenvalue weighted by Crippen LogP contribution is 2.76. The Morgan fingerprint density at radius 1 is 0.840 bits per heavy atom. The largest absolute Gasteiger partial charge is 0.504 e. The lowest BCUT2D eigenvalue weighted by Crippen LogP contribution is -2.61. The lowest BCUT2D eigenvalue weighted by Gasteiger charge is -2.64. The van der Waals surface area contributed by atoms with Gasteiger partial charge in [0.05, 0.1) is 12.2 Å². The van der Waals surface area contributed by atoms with Gasteiger partial charge in [0.25, 0.3) is 0 Å². The molecule has 436 valence electrons. The van der Waals surface area contributed by atoms with Crippen LogP contribution in [0.4, 0.5) is 0 Å². The van der Waals surface area contributed by atoms with Gasteiger partial charge in [-0.3, -0.25) is 14.6 Å². The number of rotatable bonds is 2. The van der Waals surface area contributed by atoms with E-state index in [1.54, 1.807) is 0 Å². The monoisotopic (exact) mass is 1140 g/mol. The van der Waals surface area contributed by atoms with E-state index in [1.807, 2.05) is 4.90 Å². The maximum atomic E-state index is 15.0. The number of carbonyl (C=O) groups is 2. The van der Waals surface area contributed by atoms with Crippen LogP contribution in [-0.2, 0) is 27.3 Å². The summed E-state index contributed by atoms with van der Waals surface area (Å²) in [6, 6.07) is 13.0. The van der Waals surface area contributed by atoms with Crippen molar-refractivity contribution in [2.45, 2.75) is 232 Å². The number of phenolic OH excluding ortho intramolecular Hbond substituents is 1. The molecule has 8 saturated carbocycles. The number of aromatic hydroxyl groups is 1.